The van der Waals surface area contributed by atoms with Gasteiger partial charge in [0.15, 0.2) is 6.10 Å². The molecule has 98 valence electrons. The molecule has 0 bridgehead atoms. The van der Waals surface area contributed by atoms with Crippen molar-refractivity contribution in [2.24, 2.45) is 5.73 Å². The number of nitrogens with one attached hydrogen (secondary N) is 1. The smallest absolute Gasteiger partial charge is 0.252 e. The number of ether oxygens (including phenoxy) is 2. The molecule has 1 aliphatic rings. The highest BCUT2D eigenvalue weighted by molar-refractivity contribution is 5.81. The summed E-state index contributed by atoms with van der Waals surface area (Å²) >= 11 is 0. The lowest BCUT2D eigenvalue weighted by molar-refractivity contribution is -0.148. The lowest BCUT2D eigenvalue weighted by Gasteiger charge is -2.25. The van der Waals surface area contributed by atoms with Crippen LogP contribution in [-0.4, -0.2) is 38.4 Å². The van der Waals surface area contributed by atoms with Gasteiger partial charge in [0.25, 0.3) is 5.91 Å². The van der Waals surface area contributed by atoms with Gasteiger partial charge < -0.3 is 20.5 Å². The fourth-order valence-electron chi connectivity index (χ4n) is 1.87. The molecule has 2 rings (SSSR count). The van der Waals surface area contributed by atoms with E-state index in [-0.39, 0.29) is 11.9 Å². The monoisotopic (exact) mass is 250 g/mol. The van der Waals surface area contributed by atoms with E-state index in [1.165, 1.54) is 0 Å². The van der Waals surface area contributed by atoms with E-state index in [9.17, 15) is 4.79 Å². The largest absolute Gasteiger partial charge is 0.376 e. The molecule has 5 heteroatoms. The number of carbonyl (C=O) groups excluding carboxylic acids is 1. The van der Waals surface area contributed by atoms with Crippen molar-refractivity contribution in [3.8, 4) is 0 Å². The molecule has 1 saturated heterocycles. The normalized spacial score (nSPS) is 21.3. The molecular formula is C13H18N2O3. The van der Waals surface area contributed by atoms with Crippen LogP contribution in [0.1, 0.15) is 11.6 Å². The highest BCUT2D eigenvalue weighted by Gasteiger charge is 2.24. The van der Waals surface area contributed by atoms with Crippen LogP contribution < -0.4 is 11.1 Å². The van der Waals surface area contributed by atoms with Crippen LogP contribution in [0.5, 0.6) is 0 Å². The Kier molecular flexibility index (Phi) is 4.69. The van der Waals surface area contributed by atoms with Crippen molar-refractivity contribution in [2.75, 3.05) is 26.4 Å². The van der Waals surface area contributed by atoms with Crippen LogP contribution in [0, 0.1) is 0 Å². The van der Waals surface area contributed by atoms with Crippen LogP contribution >= 0.6 is 0 Å². The third kappa shape index (κ3) is 3.29. The summed E-state index contributed by atoms with van der Waals surface area (Å²) in [7, 11) is 0. The zero-order valence-corrected chi connectivity index (χ0v) is 10.2. The summed E-state index contributed by atoms with van der Waals surface area (Å²) in [6.07, 6.45) is -0.531. The first-order valence-corrected chi connectivity index (χ1v) is 6.06. The molecule has 0 radical (unpaired) electrons. The summed E-state index contributed by atoms with van der Waals surface area (Å²) in [6.45, 7) is 1.65. The summed E-state index contributed by atoms with van der Waals surface area (Å²) in [5.74, 6) is -0.172. The number of benzene rings is 1. The van der Waals surface area contributed by atoms with Gasteiger partial charge in [0.1, 0.15) is 0 Å². The fourth-order valence-corrected chi connectivity index (χ4v) is 1.87. The van der Waals surface area contributed by atoms with Gasteiger partial charge in [-0.1, -0.05) is 30.3 Å². The Morgan fingerprint density at radius 3 is 2.78 bits per heavy atom. The molecule has 3 N–H and O–H groups in total. The van der Waals surface area contributed by atoms with E-state index in [0.717, 1.165) is 5.56 Å². The molecule has 0 spiro atoms. The molecule has 1 aromatic rings. The minimum absolute atomic E-state index is 0.172. The average Bonchev–Trinajstić information content (AvgIpc) is 2.46. The number of rotatable bonds is 4. The second-order valence-electron chi connectivity index (χ2n) is 4.14. The van der Waals surface area contributed by atoms with E-state index in [1.807, 2.05) is 30.3 Å². The van der Waals surface area contributed by atoms with Crippen LogP contribution in [0.25, 0.3) is 0 Å². The van der Waals surface area contributed by atoms with Crippen LogP contribution in [-0.2, 0) is 14.3 Å². The number of nitrogens with two attached hydrogens (primary N) is 1. The molecule has 2 atom stereocenters. The second-order valence-corrected chi connectivity index (χ2v) is 4.14. The SMILES string of the molecule is NCC(NC(=O)C1COCCO1)c1ccccc1. The van der Waals surface area contributed by atoms with Gasteiger partial charge in [-0.25, -0.2) is 0 Å². The molecule has 1 fully saturated rings. The van der Waals surface area contributed by atoms with Gasteiger partial charge in [0.05, 0.1) is 25.9 Å². The maximum Gasteiger partial charge on any atom is 0.252 e. The highest BCUT2D eigenvalue weighted by atomic mass is 16.6. The van der Waals surface area contributed by atoms with E-state index < -0.39 is 6.10 Å². The number of amides is 1. The van der Waals surface area contributed by atoms with Gasteiger partial charge in [0, 0.05) is 6.54 Å². The topological polar surface area (TPSA) is 73.6 Å². The van der Waals surface area contributed by atoms with Gasteiger partial charge in [-0.2, -0.15) is 0 Å². The molecule has 1 aliphatic heterocycles. The first-order valence-electron chi connectivity index (χ1n) is 6.06. The zero-order valence-electron chi connectivity index (χ0n) is 10.2. The predicted molar refractivity (Wildman–Crippen MR) is 66.9 cm³/mol. The lowest BCUT2D eigenvalue weighted by Crippen LogP contribution is -2.45. The first-order chi connectivity index (χ1) is 8.81. The van der Waals surface area contributed by atoms with E-state index in [1.54, 1.807) is 0 Å². The first kappa shape index (κ1) is 13.0. The third-order valence-electron chi connectivity index (χ3n) is 2.86. The molecule has 0 aliphatic carbocycles. The minimum Gasteiger partial charge on any atom is -0.376 e. The van der Waals surface area contributed by atoms with Crippen molar-refractivity contribution < 1.29 is 14.3 Å². The maximum absolute atomic E-state index is 12.0. The summed E-state index contributed by atoms with van der Waals surface area (Å²) in [4.78, 5) is 12.0. The van der Waals surface area contributed by atoms with Gasteiger partial charge in [-0.15, -0.1) is 0 Å². The van der Waals surface area contributed by atoms with Crippen molar-refractivity contribution in [1.82, 2.24) is 5.32 Å². The predicted octanol–water partition coefficient (Wildman–Crippen LogP) is 0.218. The summed E-state index contributed by atoms with van der Waals surface area (Å²) in [6, 6.07) is 9.46. The Morgan fingerprint density at radius 2 is 2.17 bits per heavy atom. The van der Waals surface area contributed by atoms with Crippen molar-refractivity contribution in [3.05, 3.63) is 35.9 Å². The fraction of sp³-hybridized carbons (Fsp3) is 0.462. The number of hydrogen-bond donors (Lipinski definition) is 2. The van der Waals surface area contributed by atoms with Crippen LogP contribution in [0.3, 0.4) is 0 Å². The van der Waals surface area contributed by atoms with E-state index >= 15 is 0 Å². The molecule has 0 saturated carbocycles. The van der Waals surface area contributed by atoms with Gasteiger partial charge in [-0.05, 0) is 5.56 Å². The van der Waals surface area contributed by atoms with E-state index in [4.69, 9.17) is 15.2 Å². The second kappa shape index (κ2) is 6.49. The summed E-state index contributed by atoms with van der Waals surface area (Å²) < 4.78 is 10.6. The molecule has 5 nitrogen and oxygen atoms in total. The van der Waals surface area contributed by atoms with Crippen LogP contribution in [0.2, 0.25) is 0 Å². The lowest BCUT2D eigenvalue weighted by atomic mass is 10.1. The molecule has 2 unspecified atom stereocenters. The number of hydrogen-bond acceptors (Lipinski definition) is 4. The van der Waals surface area contributed by atoms with Gasteiger partial charge >= 0.3 is 0 Å². The molecule has 18 heavy (non-hydrogen) atoms. The quantitative estimate of drug-likeness (QED) is 0.801. The summed E-state index contributed by atoms with van der Waals surface area (Å²) in [5, 5.41) is 2.88. The average molecular weight is 250 g/mol. The number of carbonyl (C=O) groups is 1. The molecular weight excluding hydrogens is 232 g/mol. The zero-order chi connectivity index (χ0) is 12.8. The van der Waals surface area contributed by atoms with Gasteiger partial charge in [-0.3, -0.25) is 4.79 Å². The Hall–Kier alpha value is -1.43. The molecule has 1 aromatic carbocycles. The maximum atomic E-state index is 12.0. The highest BCUT2D eigenvalue weighted by Crippen LogP contribution is 2.12. The Morgan fingerprint density at radius 1 is 1.39 bits per heavy atom. The van der Waals surface area contributed by atoms with E-state index in [0.29, 0.717) is 26.4 Å². The standard InChI is InChI=1S/C13H18N2O3/c14-8-11(10-4-2-1-3-5-10)15-13(16)12-9-17-6-7-18-12/h1-5,11-12H,6-9,14H2,(H,15,16). The Balaban J connectivity index is 1.95. The van der Waals surface area contributed by atoms with Crippen LogP contribution in [0.15, 0.2) is 30.3 Å². The van der Waals surface area contributed by atoms with Crippen molar-refractivity contribution in [1.29, 1.82) is 0 Å². The molecule has 1 amide bonds. The molecule has 1 heterocycles. The third-order valence-corrected chi connectivity index (χ3v) is 2.86. The molecule has 0 aromatic heterocycles. The van der Waals surface area contributed by atoms with Crippen molar-refractivity contribution in [3.63, 3.8) is 0 Å². The van der Waals surface area contributed by atoms with Crippen LogP contribution in [0.4, 0.5) is 0 Å². The Bertz CT molecular complexity index is 377. The van der Waals surface area contributed by atoms with Crippen molar-refractivity contribution in [2.45, 2.75) is 12.1 Å². The van der Waals surface area contributed by atoms with Crippen molar-refractivity contribution >= 4 is 5.91 Å². The van der Waals surface area contributed by atoms with E-state index in [2.05, 4.69) is 5.32 Å². The Labute approximate surface area is 106 Å². The van der Waals surface area contributed by atoms with Gasteiger partial charge in [0.2, 0.25) is 0 Å². The minimum atomic E-state index is -0.531. The summed E-state index contributed by atoms with van der Waals surface area (Å²) in [5.41, 5.74) is 6.69.